The smallest absolute Gasteiger partial charge is 0.149 e. The molecule has 0 amide bonds. The maximum Gasteiger partial charge on any atom is 0.149 e. The van der Waals surface area contributed by atoms with Gasteiger partial charge in [-0.1, -0.05) is 13.3 Å². The fourth-order valence-corrected chi connectivity index (χ4v) is 2.13. The van der Waals surface area contributed by atoms with Gasteiger partial charge in [-0.05, 0) is 32.9 Å². The Balaban J connectivity index is 2.38. The van der Waals surface area contributed by atoms with Gasteiger partial charge >= 0.3 is 0 Å². The fraction of sp³-hybridized carbons (Fsp3) is 0.909. The van der Waals surface area contributed by atoms with Crippen LogP contribution in [0.3, 0.4) is 0 Å². The molecular formula is C11H22N2O. The van der Waals surface area contributed by atoms with Crippen LogP contribution in [0.25, 0.3) is 0 Å². The van der Waals surface area contributed by atoms with Crippen LogP contribution in [0.5, 0.6) is 0 Å². The van der Waals surface area contributed by atoms with Crippen LogP contribution in [0.4, 0.5) is 0 Å². The van der Waals surface area contributed by atoms with Crippen LogP contribution in [0.1, 0.15) is 39.0 Å². The lowest BCUT2D eigenvalue weighted by atomic mass is 9.94. The Morgan fingerprint density at radius 1 is 1.57 bits per heavy atom. The van der Waals surface area contributed by atoms with Crippen molar-refractivity contribution < 1.29 is 4.79 Å². The standard InChI is InChI=1S/C11H22N2O/c1-3-11(14)10(12)8-9-6-4-5-7-13(9)2/h9-10H,3-8,12H2,1-2H3. The highest BCUT2D eigenvalue weighted by atomic mass is 16.1. The Hall–Kier alpha value is -0.410. The summed E-state index contributed by atoms with van der Waals surface area (Å²) >= 11 is 0. The summed E-state index contributed by atoms with van der Waals surface area (Å²) in [6.07, 6.45) is 5.16. The van der Waals surface area contributed by atoms with E-state index < -0.39 is 0 Å². The third-order valence-electron chi connectivity index (χ3n) is 3.21. The quantitative estimate of drug-likeness (QED) is 0.737. The van der Waals surface area contributed by atoms with E-state index in [1.54, 1.807) is 0 Å². The Kier molecular flexibility index (Phi) is 4.55. The molecule has 1 rings (SSSR count). The molecule has 0 saturated carbocycles. The summed E-state index contributed by atoms with van der Waals surface area (Å²) in [5.41, 5.74) is 5.84. The minimum atomic E-state index is -0.245. The van der Waals surface area contributed by atoms with Crippen LogP contribution in [0.15, 0.2) is 0 Å². The van der Waals surface area contributed by atoms with E-state index in [1.807, 2.05) is 6.92 Å². The van der Waals surface area contributed by atoms with Gasteiger partial charge in [-0.15, -0.1) is 0 Å². The number of hydrogen-bond acceptors (Lipinski definition) is 3. The van der Waals surface area contributed by atoms with E-state index in [0.29, 0.717) is 12.5 Å². The summed E-state index contributed by atoms with van der Waals surface area (Å²) in [6.45, 7) is 3.03. The number of ketones is 1. The zero-order chi connectivity index (χ0) is 10.6. The molecule has 1 aliphatic rings. The highest BCUT2D eigenvalue weighted by molar-refractivity contribution is 5.83. The monoisotopic (exact) mass is 198 g/mol. The Morgan fingerprint density at radius 3 is 2.86 bits per heavy atom. The molecule has 0 aromatic rings. The third-order valence-corrected chi connectivity index (χ3v) is 3.21. The van der Waals surface area contributed by atoms with Crippen molar-refractivity contribution in [2.45, 2.75) is 51.1 Å². The van der Waals surface area contributed by atoms with Crippen molar-refractivity contribution in [2.75, 3.05) is 13.6 Å². The highest BCUT2D eigenvalue weighted by Gasteiger charge is 2.23. The number of nitrogens with zero attached hydrogens (tertiary/aromatic N) is 1. The second-order valence-corrected chi connectivity index (χ2v) is 4.29. The first-order valence-corrected chi connectivity index (χ1v) is 5.63. The molecule has 1 aliphatic heterocycles. The number of nitrogens with two attached hydrogens (primary N) is 1. The van der Waals surface area contributed by atoms with Crippen molar-refractivity contribution in [1.29, 1.82) is 0 Å². The van der Waals surface area contributed by atoms with Crippen molar-refractivity contribution in [3.63, 3.8) is 0 Å². The SMILES string of the molecule is CCC(=O)C(N)CC1CCCCN1C. The summed E-state index contributed by atoms with van der Waals surface area (Å²) in [5, 5.41) is 0. The molecule has 82 valence electrons. The predicted octanol–water partition coefficient (Wildman–Crippen LogP) is 1.17. The minimum absolute atomic E-state index is 0.198. The molecule has 14 heavy (non-hydrogen) atoms. The molecule has 2 N–H and O–H groups in total. The van der Waals surface area contributed by atoms with Gasteiger partial charge < -0.3 is 10.6 Å². The number of hydrogen-bond donors (Lipinski definition) is 1. The van der Waals surface area contributed by atoms with Crippen molar-refractivity contribution in [3.8, 4) is 0 Å². The molecule has 2 atom stereocenters. The minimum Gasteiger partial charge on any atom is -0.321 e. The van der Waals surface area contributed by atoms with Gasteiger partial charge in [0.05, 0.1) is 6.04 Å². The normalized spacial score (nSPS) is 26.1. The summed E-state index contributed by atoms with van der Waals surface area (Å²) < 4.78 is 0. The van der Waals surface area contributed by atoms with Crippen LogP contribution < -0.4 is 5.73 Å². The van der Waals surface area contributed by atoms with Gasteiger partial charge in [0.25, 0.3) is 0 Å². The topological polar surface area (TPSA) is 46.3 Å². The number of rotatable bonds is 4. The van der Waals surface area contributed by atoms with Gasteiger partial charge in [-0.2, -0.15) is 0 Å². The molecule has 0 radical (unpaired) electrons. The molecule has 1 heterocycles. The van der Waals surface area contributed by atoms with E-state index >= 15 is 0 Å². The summed E-state index contributed by atoms with van der Waals surface area (Å²) in [6, 6.07) is 0.278. The van der Waals surface area contributed by atoms with Gasteiger partial charge in [-0.3, -0.25) is 4.79 Å². The van der Waals surface area contributed by atoms with E-state index in [2.05, 4.69) is 11.9 Å². The highest BCUT2D eigenvalue weighted by Crippen LogP contribution is 2.18. The van der Waals surface area contributed by atoms with Gasteiger partial charge in [-0.25, -0.2) is 0 Å². The zero-order valence-electron chi connectivity index (χ0n) is 9.33. The van der Waals surface area contributed by atoms with E-state index in [9.17, 15) is 4.79 Å². The fourth-order valence-electron chi connectivity index (χ4n) is 2.13. The second-order valence-electron chi connectivity index (χ2n) is 4.29. The molecule has 1 fully saturated rings. The first-order chi connectivity index (χ1) is 6.65. The first kappa shape index (κ1) is 11.7. The molecule has 0 aromatic carbocycles. The van der Waals surface area contributed by atoms with Gasteiger partial charge in [0.15, 0.2) is 0 Å². The molecule has 0 bridgehead atoms. The molecule has 0 spiro atoms. The zero-order valence-corrected chi connectivity index (χ0v) is 9.33. The maximum absolute atomic E-state index is 11.3. The average Bonchev–Trinajstić information content (AvgIpc) is 2.20. The van der Waals surface area contributed by atoms with Gasteiger partial charge in [0.1, 0.15) is 5.78 Å². The van der Waals surface area contributed by atoms with Crippen molar-refractivity contribution >= 4 is 5.78 Å². The largest absolute Gasteiger partial charge is 0.321 e. The van der Waals surface area contributed by atoms with E-state index in [4.69, 9.17) is 5.73 Å². The number of piperidine rings is 1. The Labute approximate surface area is 86.6 Å². The van der Waals surface area contributed by atoms with Crippen molar-refractivity contribution in [1.82, 2.24) is 4.90 Å². The van der Waals surface area contributed by atoms with Gasteiger partial charge in [0.2, 0.25) is 0 Å². The predicted molar refractivity (Wildman–Crippen MR) is 58.2 cm³/mol. The Bertz CT molecular complexity index is 194. The molecule has 0 aliphatic carbocycles. The molecule has 3 heteroatoms. The Morgan fingerprint density at radius 2 is 2.29 bits per heavy atom. The lowest BCUT2D eigenvalue weighted by Gasteiger charge is -2.33. The van der Waals surface area contributed by atoms with Gasteiger partial charge in [0, 0.05) is 12.5 Å². The summed E-state index contributed by atoms with van der Waals surface area (Å²) in [5.74, 6) is 0.198. The van der Waals surface area contributed by atoms with E-state index in [1.165, 1.54) is 19.3 Å². The summed E-state index contributed by atoms with van der Waals surface area (Å²) in [7, 11) is 2.13. The van der Waals surface area contributed by atoms with Crippen LogP contribution in [0, 0.1) is 0 Å². The van der Waals surface area contributed by atoms with E-state index in [-0.39, 0.29) is 11.8 Å². The molecule has 1 saturated heterocycles. The molecule has 0 aromatic heterocycles. The summed E-state index contributed by atoms with van der Waals surface area (Å²) in [4.78, 5) is 13.7. The molecule has 3 nitrogen and oxygen atoms in total. The number of likely N-dealkylation sites (tertiary alicyclic amines) is 1. The van der Waals surface area contributed by atoms with Crippen molar-refractivity contribution in [3.05, 3.63) is 0 Å². The number of carbonyl (C=O) groups is 1. The van der Waals surface area contributed by atoms with Crippen LogP contribution >= 0.6 is 0 Å². The molecular weight excluding hydrogens is 176 g/mol. The van der Waals surface area contributed by atoms with E-state index in [0.717, 1.165) is 13.0 Å². The van der Waals surface area contributed by atoms with Crippen LogP contribution in [-0.4, -0.2) is 36.4 Å². The second kappa shape index (κ2) is 5.47. The first-order valence-electron chi connectivity index (χ1n) is 5.63. The number of carbonyl (C=O) groups excluding carboxylic acids is 1. The lowest BCUT2D eigenvalue weighted by molar-refractivity contribution is -0.120. The van der Waals surface area contributed by atoms with Crippen LogP contribution in [-0.2, 0) is 4.79 Å². The third kappa shape index (κ3) is 3.07. The van der Waals surface area contributed by atoms with Crippen molar-refractivity contribution in [2.24, 2.45) is 5.73 Å². The number of Topliss-reactive ketones (excluding diaryl/α,β-unsaturated/α-hetero) is 1. The molecule has 2 unspecified atom stereocenters. The average molecular weight is 198 g/mol. The van der Waals surface area contributed by atoms with Crippen LogP contribution in [0.2, 0.25) is 0 Å². The lowest BCUT2D eigenvalue weighted by Crippen LogP contribution is -2.43. The maximum atomic E-state index is 11.3.